The molecule has 0 bridgehead atoms. The third kappa shape index (κ3) is 5.16. The van der Waals surface area contributed by atoms with E-state index in [4.69, 9.17) is 16.7 Å². The van der Waals surface area contributed by atoms with E-state index in [2.05, 4.69) is 41.3 Å². The fourth-order valence-electron chi connectivity index (χ4n) is 4.09. The largest absolute Gasteiger partial charge is 0.478 e. The molecule has 0 radical (unpaired) electrons. The fourth-order valence-corrected chi connectivity index (χ4v) is 4.26. The molecule has 1 atom stereocenters. The van der Waals surface area contributed by atoms with Gasteiger partial charge >= 0.3 is 5.97 Å². The zero-order chi connectivity index (χ0) is 24.1. The maximum atomic E-state index is 11.1. The number of benzene rings is 3. The molecule has 6 heteroatoms. The second kappa shape index (κ2) is 10.3. The van der Waals surface area contributed by atoms with Crippen molar-refractivity contribution in [1.82, 2.24) is 4.98 Å². The van der Waals surface area contributed by atoms with Crippen molar-refractivity contribution in [3.05, 3.63) is 124 Å². The molecule has 3 aromatic carbocycles. The number of carboxylic acids is 1. The molecule has 0 saturated carbocycles. The van der Waals surface area contributed by atoms with Crippen LogP contribution in [0, 0.1) is 6.92 Å². The predicted octanol–water partition coefficient (Wildman–Crippen LogP) is 6.81. The summed E-state index contributed by atoms with van der Waals surface area (Å²) in [7, 11) is 0. The van der Waals surface area contributed by atoms with Gasteiger partial charge in [-0.15, -0.1) is 0 Å². The van der Waals surface area contributed by atoms with Crippen LogP contribution in [0.4, 0.5) is 0 Å². The van der Waals surface area contributed by atoms with Gasteiger partial charge in [0.2, 0.25) is 0 Å². The van der Waals surface area contributed by atoms with Gasteiger partial charge in [-0.05, 0) is 59.0 Å². The van der Waals surface area contributed by atoms with Gasteiger partial charge < -0.3 is 10.3 Å². The summed E-state index contributed by atoms with van der Waals surface area (Å²) in [5, 5.41) is 22.9. The molecule has 2 N–H and O–H groups in total. The van der Waals surface area contributed by atoms with Gasteiger partial charge in [0, 0.05) is 24.1 Å². The van der Waals surface area contributed by atoms with Crippen molar-refractivity contribution in [2.24, 2.45) is 5.16 Å². The number of hydrogen-bond acceptors (Lipinski definition) is 4. The first kappa shape index (κ1) is 23.2. The Labute approximate surface area is 203 Å². The smallest absolute Gasteiger partial charge is 0.335 e. The van der Waals surface area contributed by atoms with Crippen LogP contribution in [0.3, 0.4) is 0 Å². The number of aryl methyl sites for hydroxylation is 1. The third-order valence-electron chi connectivity index (χ3n) is 5.92. The van der Waals surface area contributed by atoms with Crippen molar-refractivity contribution in [2.75, 3.05) is 0 Å². The van der Waals surface area contributed by atoms with Crippen molar-refractivity contribution >= 4 is 23.3 Å². The molecule has 34 heavy (non-hydrogen) atoms. The minimum atomic E-state index is -0.945. The molecule has 0 saturated heterocycles. The van der Waals surface area contributed by atoms with E-state index in [9.17, 15) is 10.0 Å². The van der Waals surface area contributed by atoms with Crippen LogP contribution in [0.1, 0.15) is 45.0 Å². The first-order chi connectivity index (χ1) is 16.5. The molecule has 1 aromatic heterocycles. The Hall–Kier alpha value is -3.96. The highest BCUT2D eigenvalue weighted by Crippen LogP contribution is 2.33. The zero-order valence-electron chi connectivity index (χ0n) is 18.5. The summed E-state index contributed by atoms with van der Waals surface area (Å²) in [5.74, 6) is -0.998. The van der Waals surface area contributed by atoms with E-state index in [-0.39, 0.29) is 11.5 Å². The number of carbonyl (C=O) groups is 1. The molecule has 0 amide bonds. The maximum Gasteiger partial charge on any atom is 0.335 e. The van der Waals surface area contributed by atoms with E-state index in [1.54, 1.807) is 42.6 Å². The second-order valence-electron chi connectivity index (χ2n) is 8.03. The normalized spacial score (nSPS) is 12.4. The molecular weight excluding hydrogens is 448 g/mol. The number of halogens is 1. The lowest BCUT2D eigenvalue weighted by molar-refractivity contribution is 0.0697. The molecule has 0 aliphatic heterocycles. The number of hydrogen-bond donors (Lipinski definition) is 2. The van der Waals surface area contributed by atoms with Crippen LogP contribution >= 0.6 is 11.6 Å². The van der Waals surface area contributed by atoms with Gasteiger partial charge in [-0.1, -0.05) is 77.4 Å². The first-order valence-corrected chi connectivity index (χ1v) is 11.2. The molecule has 4 aromatic rings. The molecule has 170 valence electrons. The molecule has 0 aliphatic carbocycles. The maximum absolute atomic E-state index is 11.1. The summed E-state index contributed by atoms with van der Waals surface area (Å²) >= 11 is 6.06. The SMILES string of the molecule is Cc1ccccc1[C@H](CC(=NO)c1ccnc(Cl)c1)c1ccc(-c2ccc(C(=O)O)cc2)cc1. The van der Waals surface area contributed by atoms with E-state index >= 15 is 0 Å². The van der Waals surface area contributed by atoms with E-state index in [1.165, 1.54) is 0 Å². The van der Waals surface area contributed by atoms with Crippen LogP contribution in [-0.4, -0.2) is 27.0 Å². The van der Waals surface area contributed by atoms with Gasteiger partial charge in [-0.25, -0.2) is 9.78 Å². The first-order valence-electron chi connectivity index (χ1n) is 10.8. The summed E-state index contributed by atoms with van der Waals surface area (Å²) in [6.45, 7) is 2.07. The van der Waals surface area contributed by atoms with Crippen LogP contribution in [0.25, 0.3) is 11.1 Å². The van der Waals surface area contributed by atoms with Crippen LogP contribution in [-0.2, 0) is 0 Å². The summed E-state index contributed by atoms with van der Waals surface area (Å²) in [6.07, 6.45) is 2.06. The van der Waals surface area contributed by atoms with E-state index < -0.39 is 5.97 Å². The predicted molar refractivity (Wildman–Crippen MR) is 134 cm³/mol. The quantitative estimate of drug-likeness (QED) is 0.134. The fraction of sp³-hybridized carbons (Fsp3) is 0.107. The lowest BCUT2D eigenvalue weighted by Gasteiger charge is -2.21. The number of aromatic nitrogens is 1. The Bertz CT molecular complexity index is 1330. The zero-order valence-corrected chi connectivity index (χ0v) is 19.3. The van der Waals surface area contributed by atoms with E-state index in [0.717, 1.165) is 33.4 Å². The average molecular weight is 471 g/mol. The Morgan fingerprint density at radius 1 is 0.941 bits per heavy atom. The number of carboxylic acid groups (broad SMARTS) is 1. The molecule has 0 spiro atoms. The molecule has 4 rings (SSSR count). The summed E-state index contributed by atoms with van der Waals surface area (Å²) in [6, 6.07) is 26.6. The van der Waals surface area contributed by atoms with Gasteiger partial charge in [-0.3, -0.25) is 0 Å². The third-order valence-corrected chi connectivity index (χ3v) is 6.13. The molecule has 0 fully saturated rings. The standard InChI is InChI=1S/C28H23ClN2O3/c1-18-4-2-3-5-24(18)25(17-26(31-34)23-14-15-30-27(29)16-23)21-10-6-19(7-11-21)20-8-12-22(13-9-20)28(32)33/h2-16,25,34H,17H2,1H3,(H,32,33)/t25-/m1/s1. The minimum absolute atomic E-state index is 0.0533. The highest BCUT2D eigenvalue weighted by molar-refractivity contribution is 6.29. The Balaban J connectivity index is 1.69. The van der Waals surface area contributed by atoms with Crippen LogP contribution in [0.15, 0.2) is 96.3 Å². The highest BCUT2D eigenvalue weighted by Gasteiger charge is 2.20. The average Bonchev–Trinajstić information content (AvgIpc) is 2.86. The topological polar surface area (TPSA) is 82.8 Å². The monoisotopic (exact) mass is 470 g/mol. The molecule has 0 aliphatic rings. The lowest BCUT2D eigenvalue weighted by atomic mass is 9.83. The highest BCUT2D eigenvalue weighted by atomic mass is 35.5. The van der Waals surface area contributed by atoms with Crippen molar-refractivity contribution in [3.8, 4) is 11.1 Å². The summed E-state index contributed by atoms with van der Waals surface area (Å²) in [4.78, 5) is 15.1. The van der Waals surface area contributed by atoms with Gasteiger partial charge in [0.05, 0.1) is 11.3 Å². The summed E-state index contributed by atoms with van der Waals surface area (Å²) < 4.78 is 0. The van der Waals surface area contributed by atoms with Gasteiger partial charge in [0.15, 0.2) is 0 Å². The van der Waals surface area contributed by atoms with Crippen LogP contribution < -0.4 is 0 Å². The van der Waals surface area contributed by atoms with Gasteiger partial charge in [0.1, 0.15) is 5.15 Å². The van der Waals surface area contributed by atoms with Crippen molar-refractivity contribution in [3.63, 3.8) is 0 Å². The van der Waals surface area contributed by atoms with E-state index in [1.807, 2.05) is 24.3 Å². The Morgan fingerprint density at radius 2 is 1.59 bits per heavy atom. The number of rotatable bonds is 7. The molecule has 1 heterocycles. The van der Waals surface area contributed by atoms with Gasteiger partial charge in [-0.2, -0.15) is 0 Å². The number of pyridine rings is 1. The van der Waals surface area contributed by atoms with Gasteiger partial charge in [0.25, 0.3) is 0 Å². The molecule has 5 nitrogen and oxygen atoms in total. The number of nitrogens with zero attached hydrogens (tertiary/aromatic N) is 2. The Kier molecular flexibility index (Phi) is 7.04. The van der Waals surface area contributed by atoms with Crippen molar-refractivity contribution < 1.29 is 15.1 Å². The van der Waals surface area contributed by atoms with Crippen molar-refractivity contribution in [2.45, 2.75) is 19.3 Å². The number of oxime groups is 1. The van der Waals surface area contributed by atoms with Crippen LogP contribution in [0.5, 0.6) is 0 Å². The minimum Gasteiger partial charge on any atom is -0.478 e. The molecular formula is C28H23ClN2O3. The lowest BCUT2D eigenvalue weighted by Crippen LogP contribution is -2.12. The summed E-state index contributed by atoms with van der Waals surface area (Å²) in [5.41, 5.74) is 6.78. The Morgan fingerprint density at radius 3 is 2.18 bits per heavy atom. The molecule has 0 unspecified atom stereocenters. The van der Waals surface area contributed by atoms with Crippen molar-refractivity contribution in [1.29, 1.82) is 0 Å². The van der Waals surface area contributed by atoms with E-state index in [0.29, 0.717) is 17.3 Å². The number of aromatic carboxylic acids is 1. The van der Waals surface area contributed by atoms with Crippen LogP contribution in [0.2, 0.25) is 5.15 Å². The second-order valence-corrected chi connectivity index (χ2v) is 8.42.